The van der Waals surface area contributed by atoms with Gasteiger partial charge >= 0.3 is 19.9 Å². The highest BCUT2D eigenvalue weighted by Crippen LogP contribution is 2.48. The molecule has 0 radical (unpaired) electrons. The first-order chi connectivity index (χ1) is 22.8. The monoisotopic (exact) mass is 720 g/mol. The highest BCUT2D eigenvalue weighted by molar-refractivity contribution is 7.53. The molecule has 2 aromatic rings. The maximum Gasteiger partial charge on any atom is 0.510 e. The SMILES string of the molecule is CC(C)OC(=O)OCOP(=O)(COC[C@H]1O[C@@H](n2ccc3c(N4CC5CCCC5C4)nc(Cl)nc32)[C@H](O)[C@@H]1O)OCOC(=O)OC(C)C. The zero-order valence-corrected chi connectivity index (χ0v) is 28.8. The minimum Gasteiger partial charge on any atom is -0.432 e. The number of carbonyl (C=O) groups is 2. The van der Waals surface area contributed by atoms with E-state index in [0.717, 1.165) is 18.5 Å². The topological polar surface area (TPSA) is 199 Å². The van der Waals surface area contributed by atoms with Crippen molar-refractivity contribution in [2.75, 3.05) is 44.5 Å². The molecular weight excluding hydrogens is 679 g/mol. The van der Waals surface area contributed by atoms with Crippen molar-refractivity contribution in [1.82, 2.24) is 14.5 Å². The number of fused-ring (bicyclic) bond motifs is 2. The van der Waals surface area contributed by atoms with Gasteiger partial charge in [-0.15, -0.1) is 0 Å². The van der Waals surface area contributed by atoms with E-state index < -0.39 is 76.6 Å². The van der Waals surface area contributed by atoms with Crippen LogP contribution in [0.3, 0.4) is 0 Å². The van der Waals surface area contributed by atoms with Crippen LogP contribution in [0.1, 0.15) is 53.2 Å². The number of carbonyl (C=O) groups excluding carboxylic acids is 2. The molecule has 2 unspecified atom stereocenters. The van der Waals surface area contributed by atoms with Crippen molar-refractivity contribution >= 4 is 48.4 Å². The summed E-state index contributed by atoms with van der Waals surface area (Å²) in [5.41, 5.74) is 0.429. The van der Waals surface area contributed by atoms with Crippen molar-refractivity contribution in [3.8, 4) is 0 Å². The van der Waals surface area contributed by atoms with Crippen molar-refractivity contribution < 1.29 is 61.8 Å². The van der Waals surface area contributed by atoms with Crippen LogP contribution < -0.4 is 4.90 Å². The zero-order chi connectivity index (χ0) is 34.6. The number of anilines is 1. The first kappa shape index (κ1) is 36.5. The van der Waals surface area contributed by atoms with E-state index in [0.29, 0.717) is 23.3 Å². The third-order valence-corrected chi connectivity index (χ3v) is 9.87. The summed E-state index contributed by atoms with van der Waals surface area (Å²) in [5, 5.41) is 22.6. The van der Waals surface area contributed by atoms with E-state index in [2.05, 4.69) is 14.9 Å². The van der Waals surface area contributed by atoms with Crippen LogP contribution in [-0.2, 0) is 42.0 Å². The number of aromatic nitrogens is 3. The zero-order valence-electron chi connectivity index (χ0n) is 27.1. The summed E-state index contributed by atoms with van der Waals surface area (Å²) < 4.78 is 55.9. The van der Waals surface area contributed by atoms with Crippen LogP contribution in [0.4, 0.5) is 15.4 Å². The first-order valence-corrected chi connectivity index (χ1v) is 17.9. The molecule has 268 valence electrons. The second kappa shape index (κ2) is 15.9. The molecule has 6 atom stereocenters. The van der Waals surface area contributed by atoms with E-state index in [1.807, 2.05) is 6.07 Å². The smallest absolute Gasteiger partial charge is 0.432 e. The number of hydrogen-bond donors (Lipinski definition) is 2. The summed E-state index contributed by atoms with van der Waals surface area (Å²) in [6.07, 6.45) is -3.45. The normalized spacial score (nSPS) is 25.6. The molecule has 0 spiro atoms. The van der Waals surface area contributed by atoms with Crippen LogP contribution in [0.15, 0.2) is 12.3 Å². The molecule has 1 saturated carbocycles. The number of halogens is 1. The van der Waals surface area contributed by atoms with E-state index in [4.69, 9.17) is 49.1 Å². The molecule has 0 aromatic carbocycles. The van der Waals surface area contributed by atoms with Crippen molar-refractivity contribution in [2.24, 2.45) is 11.8 Å². The molecule has 1 aliphatic carbocycles. The number of hydrogen-bond acceptors (Lipinski definition) is 16. The number of aliphatic hydroxyl groups excluding tert-OH is 2. The Kier molecular flexibility index (Phi) is 12.1. The molecule has 2 aliphatic heterocycles. The molecular formula is C29H42ClN4O13P. The fourth-order valence-corrected chi connectivity index (χ4v) is 7.24. The van der Waals surface area contributed by atoms with Gasteiger partial charge in [0.25, 0.3) is 0 Å². The number of aliphatic hydroxyl groups is 2. The molecule has 17 nitrogen and oxygen atoms in total. The standard InChI is InChI=1S/C29H42ClN4O13P/c1-16(2)45-28(37)41-13-43-48(39,44-14-42-29(38)46-17(3)4)15-40-12-21-22(35)23(36)26(47-21)34-9-8-20-24(31-27(30)32-25(20)34)33-10-18-6-5-7-19(18)11-33/h8-9,16-19,21-23,26,35-36H,5-7,10-15H2,1-4H3/t18?,19?,21-,22-,23-,26-/m1/s1. The molecule has 0 amide bonds. The molecule has 19 heteroatoms. The molecule has 3 aliphatic rings. The van der Waals surface area contributed by atoms with Gasteiger partial charge in [-0.1, -0.05) is 6.42 Å². The summed E-state index contributed by atoms with van der Waals surface area (Å²) >= 11 is 6.36. The van der Waals surface area contributed by atoms with Crippen molar-refractivity contribution in [1.29, 1.82) is 0 Å². The van der Waals surface area contributed by atoms with Gasteiger partial charge in [0.05, 0.1) is 24.2 Å². The molecule has 5 rings (SSSR count). The van der Waals surface area contributed by atoms with Crippen LogP contribution in [0.5, 0.6) is 0 Å². The van der Waals surface area contributed by atoms with Gasteiger partial charge in [-0.05, 0) is 70.0 Å². The van der Waals surface area contributed by atoms with Gasteiger partial charge in [0.1, 0.15) is 36.1 Å². The lowest BCUT2D eigenvalue weighted by molar-refractivity contribution is -0.0651. The van der Waals surface area contributed by atoms with E-state index in [1.165, 1.54) is 19.3 Å². The van der Waals surface area contributed by atoms with Gasteiger partial charge in [0, 0.05) is 19.3 Å². The Morgan fingerprint density at radius 3 is 2.19 bits per heavy atom. The highest BCUT2D eigenvalue weighted by atomic mass is 35.5. The molecule has 48 heavy (non-hydrogen) atoms. The quantitative estimate of drug-likeness (QED) is 0.122. The van der Waals surface area contributed by atoms with Crippen LogP contribution in [0, 0.1) is 11.8 Å². The Morgan fingerprint density at radius 1 is 1.00 bits per heavy atom. The molecule has 2 aromatic heterocycles. The lowest BCUT2D eigenvalue weighted by Gasteiger charge is -2.21. The van der Waals surface area contributed by atoms with E-state index in [-0.39, 0.29) is 11.9 Å². The number of nitrogens with zero attached hydrogens (tertiary/aromatic N) is 4. The summed E-state index contributed by atoms with van der Waals surface area (Å²) in [4.78, 5) is 34.5. The Balaban J connectivity index is 1.21. The van der Waals surface area contributed by atoms with Gasteiger partial charge < -0.3 is 48.1 Å². The van der Waals surface area contributed by atoms with Gasteiger partial charge in [-0.25, -0.2) is 9.59 Å². The van der Waals surface area contributed by atoms with E-state index in [1.54, 1.807) is 38.5 Å². The van der Waals surface area contributed by atoms with E-state index in [9.17, 15) is 24.4 Å². The molecule has 4 heterocycles. The maximum atomic E-state index is 13.4. The Morgan fingerprint density at radius 2 is 1.60 bits per heavy atom. The number of ether oxygens (including phenoxy) is 6. The van der Waals surface area contributed by atoms with Crippen molar-refractivity contribution in [3.05, 3.63) is 17.5 Å². The fourth-order valence-electron chi connectivity index (χ4n) is 6.10. The Labute approximate surface area is 282 Å². The van der Waals surface area contributed by atoms with Crippen LogP contribution in [-0.4, -0.2) is 107 Å². The number of rotatable bonds is 14. The van der Waals surface area contributed by atoms with Gasteiger partial charge in [-0.3, -0.25) is 13.6 Å². The van der Waals surface area contributed by atoms with Crippen molar-refractivity contribution in [2.45, 2.75) is 83.7 Å². The van der Waals surface area contributed by atoms with Crippen LogP contribution >= 0.6 is 19.2 Å². The van der Waals surface area contributed by atoms with E-state index >= 15 is 0 Å². The maximum absolute atomic E-state index is 13.4. The Bertz CT molecular complexity index is 1430. The Hall–Kier alpha value is -2.76. The fraction of sp³-hybridized carbons (Fsp3) is 0.724. The molecule has 0 bridgehead atoms. The average Bonchev–Trinajstić information content (AvgIpc) is 3.77. The van der Waals surface area contributed by atoms with Crippen LogP contribution in [0.2, 0.25) is 5.28 Å². The largest absolute Gasteiger partial charge is 0.510 e. The highest BCUT2D eigenvalue weighted by Gasteiger charge is 2.45. The minimum atomic E-state index is -4.25. The predicted octanol–water partition coefficient (Wildman–Crippen LogP) is 4.18. The first-order valence-electron chi connectivity index (χ1n) is 15.8. The molecule has 2 saturated heterocycles. The third kappa shape index (κ3) is 8.87. The van der Waals surface area contributed by atoms with Gasteiger partial charge in [0.2, 0.25) is 18.9 Å². The lowest BCUT2D eigenvalue weighted by Crippen LogP contribution is -2.34. The lowest BCUT2D eigenvalue weighted by atomic mass is 10.0. The summed E-state index contributed by atoms with van der Waals surface area (Å²) in [7, 11) is -4.25. The molecule has 2 N–H and O–H groups in total. The summed E-state index contributed by atoms with van der Waals surface area (Å²) in [6, 6.07) is 1.82. The summed E-state index contributed by atoms with van der Waals surface area (Å²) in [5.74, 6) is 1.96. The van der Waals surface area contributed by atoms with Gasteiger partial charge in [0.15, 0.2) is 6.23 Å². The van der Waals surface area contributed by atoms with Gasteiger partial charge in [-0.2, -0.15) is 9.97 Å². The minimum absolute atomic E-state index is 0.0427. The van der Waals surface area contributed by atoms with Crippen LogP contribution in [0.25, 0.3) is 11.0 Å². The summed E-state index contributed by atoms with van der Waals surface area (Å²) in [6.45, 7) is 6.17. The van der Waals surface area contributed by atoms with Crippen molar-refractivity contribution in [3.63, 3.8) is 0 Å². The predicted molar refractivity (Wildman–Crippen MR) is 167 cm³/mol. The average molecular weight is 721 g/mol. The molecule has 3 fully saturated rings. The second-order valence-electron chi connectivity index (χ2n) is 12.4. The third-order valence-electron chi connectivity index (χ3n) is 8.21. The second-order valence-corrected chi connectivity index (χ2v) is 14.7.